The zero-order chi connectivity index (χ0) is 24.7. The first kappa shape index (κ1) is 23.6. The van der Waals surface area contributed by atoms with Crippen molar-refractivity contribution in [2.75, 3.05) is 4.90 Å². The quantitative estimate of drug-likeness (QED) is 0.184. The number of carbonyl (C=O) groups excluding carboxylic acids is 2. The predicted octanol–water partition coefficient (Wildman–Crippen LogP) is 6.47. The second kappa shape index (κ2) is 9.51. The van der Waals surface area contributed by atoms with Crippen LogP contribution in [0.3, 0.4) is 0 Å². The maximum Gasteiger partial charge on any atom is 0.270 e. The van der Waals surface area contributed by atoms with E-state index in [1.165, 1.54) is 16.7 Å². The van der Waals surface area contributed by atoms with Gasteiger partial charge in [-0.1, -0.05) is 65.3 Å². The van der Waals surface area contributed by atoms with Crippen molar-refractivity contribution in [2.24, 2.45) is 7.05 Å². The second-order valence-corrected chi connectivity index (χ2v) is 10.0. The summed E-state index contributed by atoms with van der Waals surface area (Å²) in [5.74, 6) is -1.06. The van der Waals surface area contributed by atoms with Gasteiger partial charge >= 0.3 is 0 Å². The highest BCUT2D eigenvalue weighted by Gasteiger charge is 2.35. The summed E-state index contributed by atoms with van der Waals surface area (Å²) in [5, 5.41) is 5.55. The number of hydrogen-bond acceptors (Lipinski definition) is 4. The number of rotatable bonds is 4. The molecule has 0 unspecified atom stereocenters. The van der Waals surface area contributed by atoms with E-state index in [2.05, 4.69) is 5.32 Å². The Morgan fingerprint density at radius 2 is 1.63 bits per heavy atom. The van der Waals surface area contributed by atoms with Gasteiger partial charge in [0.05, 0.1) is 15.7 Å². The minimum atomic E-state index is -0.549. The van der Waals surface area contributed by atoms with E-state index < -0.39 is 11.8 Å². The molecule has 1 aromatic heterocycles. The van der Waals surface area contributed by atoms with Gasteiger partial charge in [0.25, 0.3) is 11.8 Å². The molecule has 1 aliphatic rings. The lowest BCUT2D eigenvalue weighted by atomic mass is 10.1. The number of nitrogens with zero attached hydrogens (tertiary/aromatic N) is 2. The molecule has 1 aliphatic heterocycles. The van der Waals surface area contributed by atoms with E-state index in [1.807, 2.05) is 60.1 Å². The fraction of sp³-hybridized carbons (Fsp3) is 0.0385. The number of anilines is 1. The van der Waals surface area contributed by atoms with Crippen molar-refractivity contribution < 1.29 is 9.59 Å². The number of amides is 2. The Hall–Kier alpha value is -3.10. The molecule has 5 nitrogen and oxygen atoms in total. The Morgan fingerprint density at radius 1 is 0.943 bits per heavy atom. The third-order valence-corrected chi connectivity index (χ3v) is 7.85. The Labute approximate surface area is 221 Å². The van der Waals surface area contributed by atoms with Crippen LogP contribution in [-0.4, -0.2) is 21.5 Å². The predicted molar refractivity (Wildman–Crippen MR) is 146 cm³/mol. The van der Waals surface area contributed by atoms with E-state index in [0.717, 1.165) is 26.4 Å². The highest BCUT2D eigenvalue weighted by molar-refractivity contribution is 7.99. The van der Waals surface area contributed by atoms with E-state index in [0.29, 0.717) is 15.7 Å². The summed E-state index contributed by atoms with van der Waals surface area (Å²) in [4.78, 5) is 28.7. The number of nitrogens with one attached hydrogen (secondary N) is 1. The molecule has 1 N–H and O–H groups in total. The van der Waals surface area contributed by atoms with E-state index in [1.54, 1.807) is 30.3 Å². The molecular formula is C26H17Cl2N3O2S2. The SMILES string of the molecule is Cn1c(Sc2ccccc2Cl)c(C=C2C(=O)NC(=S)N(c3ccc(Cl)cc3)C2=O)c2ccccc21. The Balaban J connectivity index is 1.66. The first-order valence-corrected chi connectivity index (χ1v) is 12.5. The van der Waals surface area contributed by atoms with Crippen molar-refractivity contribution in [3.63, 3.8) is 0 Å². The summed E-state index contributed by atoms with van der Waals surface area (Å²) in [6.07, 6.45) is 1.63. The average molecular weight is 538 g/mol. The monoisotopic (exact) mass is 537 g/mol. The van der Waals surface area contributed by atoms with Gasteiger partial charge in [-0.25, -0.2) is 0 Å². The summed E-state index contributed by atoms with van der Waals surface area (Å²) in [6.45, 7) is 0. The molecule has 0 atom stereocenters. The highest BCUT2D eigenvalue weighted by Crippen LogP contribution is 2.40. The largest absolute Gasteiger partial charge is 0.338 e. The van der Waals surface area contributed by atoms with Gasteiger partial charge in [-0.05, 0) is 60.8 Å². The number of hydrogen-bond donors (Lipinski definition) is 1. The number of aryl methyl sites for hydroxylation is 1. The Morgan fingerprint density at radius 3 is 2.37 bits per heavy atom. The molecule has 0 bridgehead atoms. The standard InChI is InChI=1S/C26H17Cl2N3O2S2/c1-30-21-8-4-2-6-17(21)18(25(30)35-22-9-5-3-7-20(22)28)14-19-23(32)29-26(34)31(24(19)33)16-12-10-15(27)11-13-16/h2-14H,1H3,(H,29,32,34). The first-order valence-electron chi connectivity index (χ1n) is 10.5. The van der Waals surface area contributed by atoms with Gasteiger partial charge in [0.1, 0.15) is 5.57 Å². The van der Waals surface area contributed by atoms with Crippen LogP contribution in [0, 0.1) is 0 Å². The maximum absolute atomic E-state index is 13.5. The average Bonchev–Trinajstić information content (AvgIpc) is 3.10. The number of aromatic nitrogens is 1. The maximum atomic E-state index is 13.5. The van der Waals surface area contributed by atoms with Crippen molar-refractivity contribution in [3.8, 4) is 0 Å². The summed E-state index contributed by atoms with van der Waals surface area (Å²) in [7, 11) is 1.95. The van der Waals surface area contributed by atoms with Crippen molar-refractivity contribution in [3.05, 3.63) is 94.0 Å². The van der Waals surface area contributed by atoms with Gasteiger partial charge in [0.2, 0.25) is 0 Å². The van der Waals surface area contributed by atoms with Crippen LogP contribution in [0.25, 0.3) is 17.0 Å². The van der Waals surface area contributed by atoms with Crippen LogP contribution in [0.5, 0.6) is 0 Å². The molecule has 35 heavy (non-hydrogen) atoms. The summed E-state index contributed by atoms with van der Waals surface area (Å²) < 4.78 is 2.03. The van der Waals surface area contributed by atoms with Gasteiger partial charge in [-0.2, -0.15) is 0 Å². The summed E-state index contributed by atoms with van der Waals surface area (Å²) >= 11 is 19.2. The zero-order valence-electron chi connectivity index (χ0n) is 18.3. The van der Waals surface area contributed by atoms with Gasteiger partial charge in [0.15, 0.2) is 5.11 Å². The number of carbonyl (C=O) groups is 2. The lowest BCUT2D eigenvalue weighted by Gasteiger charge is -2.29. The van der Waals surface area contributed by atoms with Gasteiger partial charge in [-0.3, -0.25) is 19.8 Å². The van der Waals surface area contributed by atoms with E-state index in [9.17, 15) is 9.59 Å². The molecule has 0 aliphatic carbocycles. The number of benzene rings is 3. The van der Waals surface area contributed by atoms with Crippen molar-refractivity contribution in [2.45, 2.75) is 9.92 Å². The van der Waals surface area contributed by atoms with Crippen LogP contribution in [0.4, 0.5) is 5.69 Å². The second-order valence-electron chi connectivity index (χ2n) is 7.76. The highest BCUT2D eigenvalue weighted by atomic mass is 35.5. The molecule has 0 spiro atoms. The number of fused-ring (bicyclic) bond motifs is 1. The molecule has 0 saturated carbocycles. The number of thiocarbonyl (C=S) groups is 1. The topological polar surface area (TPSA) is 54.3 Å². The Bertz CT molecular complexity index is 1540. The van der Waals surface area contributed by atoms with Crippen molar-refractivity contribution in [1.82, 2.24) is 9.88 Å². The fourth-order valence-corrected chi connectivity index (χ4v) is 5.61. The lowest BCUT2D eigenvalue weighted by Crippen LogP contribution is -2.54. The minimum Gasteiger partial charge on any atom is -0.338 e. The first-order chi connectivity index (χ1) is 16.8. The molecule has 9 heteroatoms. The van der Waals surface area contributed by atoms with Crippen LogP contribution < -0.4 is 10.2 Å². The van der Waals surface area contributed by atoms with Gasteiger partial charge < -0.3 is 4.57 Å². The zero-order valence-corrected chi connectivity index (χ0v) is 21.4. The van der Waals surface area contributed by atoms with Gasteiger partial charge in [-0.15, -0.1) is 0 Å². The summed E-state index contributed by atoms with van der Waals surface area (Å²) in [6, 6.07) is 22.1. The van der Waals surface area contributed by atoms with Crippen LogP contribution in [0.15, 0.2) is 88.3 Å². The molecule has 1 saturated heterocycles. The van der Waals surface area contributed by atoms with Crippen molar-refractivity contribution >= 4 is 86.8 Å². The van der Waals surface area contributed by atoms with Crippen LogP contribution in [0.2, 0.25) is 10.0 Å². The lowest BCUT2D eigenvalue weighted by molar-refractivity contribution is -0.122. The van der Waals surface area contributed by atoms with Crippen LogP contribution in [0.1, 0.15) is 5.56 Å². The number of halogens is 2. The molecule has 3 aromatic carbocycles. The van der Waals surface area contributed by atoms with Crippen LogP contribution >= 0.6 is 47.2 Å². The fourth-order valence-electron chi connectivity index (χ4n) is 3.92. The molecular weight excluding hydrogens is 521 g/mol. The smallest absolute Gasteiger partial charge is 0.270 e. The van der Waals surface area contributed by atoms with Gasteiger partial charge in [0, 0.05) is 33.4 Å². The molecule has 174 valence electrons. The van der Waals surface area contributed by atoms with E-state index >= 15 is 0 Å². The molecule has 0 radical (unpaired) electrons. The summed E-state index contributed by atoms with van der Waals surface area (Å²) in [5.41, 5.74) is 2.20. The number of para-hydroxylation sites is 1. The third-order valence-electron chi connectivity index (χ3n) is 5.61. The molecule has 1 fully saturated rings. The van der Waals surface area contributed by atoms with Crippen molar-refractivity contribution in [1.29, 1.82) is 0 Å². The van der Waals surface area contributed by atoms with Crippen LogP contribution in [-0.2, 0) is 16.6 Å². The Kier molecular flexibility index (Phi) is 6.42. The molecule has 4 aromatic rings. The molecule has 5 rings (SSSR count). The molecule has 2 amide bonds. The molecule has 2 heterocycles. The normalized spacial score (nSPS) is 15.2. The third kappa shape index (κ3) is 4.36. The van der Waals surface area contributed by atoms with E-state index in [-0.39, 0.29) is 10.7 Å². The van der Waals surface area contributed by atoms with E-state index in [4.69, 9.17) is 35.4 Å². The minimum absolute atomic E-state index is 0.0167.